The molecule has 1 aliphatic rings. The van der Waals surface area contributed by atoms with Crippen LogP contribution in [0, 0.1) is 0 Å². The van der Waals surface area contributed by atoms with E-state index in [0.29, 0.717) is 25.4 Å². The highest BCUT2D eigenvalue weighted by Gasteiger charge is 2.24. The summed E-state index contributed by atoms with van der Waals surface area (Å²) in [6, 6.07) is 13.8. The Bertz CT molecular complexity index is 787. The molecule has 0 aliphatic carbocycles. The average Bonchev–Trinajstić information content (AvgIpc) is 2.66. The number of carbonyl (C=O) groups is 2. The fourth-order valence-corrected chi connectivity index (χ4v) is 2.86. The van der Waals surface area contributed by atoms with Gasteiger partial charge in [-0.05, 0) is 36.8 Å². The summed E-state index contributed by atoms with van der Waals surface area (Å²) >= 11 is 0. The predicted octanol–water partition coefficient (Wildman–Crippen LogP) is 2.62. The molecule has 136 valence electrons. The molecular weight excluding hydrogens is 334 g/mol. The second-order valence-corrected chi connectivity index (χ2v) is 6.11. The molecule has 3 rings (SSSR count). The van der Waals surface area contributed by atoms with Crippen LogP contribution in [-0.4, -0.2) is 47.7 Å². The van der Waals surface area contributed by atoms with Crippen LogP contribution in [0.4, 0.5) is 0 Å². The van der Waals surface area contributed by atoms with Gasteiger partial charge in [0, 0.05) is 6.54 Å². The Morgan fingerprint density at radius 1 is 1.12 bits per heavy atom. The summed E-state index contributed by atoms with van der Waals surface area (Å²) < 4.78 is 11.6. The van der Waals surface area contributed by atoms with Gasteiger partial charge in [0.1, 0.15) is 6.61 Å². The maximum atomic E-state index is 12.6. The number of carboxylic acids is 1. The van der Waals surface area contributed by atoms with Crippen molar-refractivity contribution < 1.29 is 24.2 Å². The molecule has 2 aromatic carbocycles. The summed E-state index contributed by atoms with van der Waals surface area (Å²) in [5.41, 5.74) is 0.990. The van der Waals surface area contributed by atoms with E-state index in [1.807, 2.05) is 31.2 Å². The minimum absolute atomic E-state index is 0.0296. The van der Waals surface area contributed by atoms with Crippen molar-refractivity contribution in [2.75, 3.05) is 19.7 Å². The largest absolute Gasteiger partial charge is 0.486 e. The number of aromatic carboxylic acids is 1. The predicted molar refractivity (Wildman–Crippen MR) is 95.7 cm³/mol. The number of benzene rings is 2. The van der Waals surface area contributed by atoms with Gasteiger partial charge in [-0.3, -0.25) is 4.79 Å². The molecule has 1 amide bonds. The van der Waals surface area contributed by atoms with E-state index in [1.54, 1.807) is 17.0 Å². The van der Waals surface area contributed by atoms with Crippen molar-refractivity contribution in [2.45, 2.75) is 19.4 Å². The maximum Gasteiger partial charge on any atom is 0.335 e. The van der Waals surface area contributed by atoms with Crippen LogP contribution in [0.25, 0.3) is 0 Å². The first kappa shape index (κ1) is 17.8. The molecule has 6 heteroatoms. The van der Waals surface area contributed by atoms with Gasteiger partial charge in [-0.2, -0.15) is 0 Å². The molecule has 1 unspecified atom stereocenters. The zero-order valence-corrected chi connectivity index (χ0v) is 14.6. The lowest BCUT2D eigenvalue weighted by Gasteiger charge is -2.31. The highest BCUT2D eigenvalue weighted by atomic mass is 16.6. The summed E-state index contributed by atoms with van der Waals surface area (Å²) in [6.07, 6.45) is 0.000870. The van der Waals surface area contributed by atoms with Crippen LogP contribution in [0.1, 0.15) is 22.8 Å². The van der Waals surface area contributed by atoms with E-state index in [1.165, 1.54) is 12.1 Å². The summed E-state index contributed by atoms with van der Waals surface area (Å²) in [4.78, 5) is 25.2. The third-order valence-corrected chi connectivity index (χ3v) is 4.28. The fourth-order valence-electron chi connectivity index (χ4n) is 2.86. The third kappa shape index (κ3) is 4.14. The second kappa shape index (κ2) is 7.91. The Morgan fingerprint density at radius 2 is 1.81 bits per heavy atom. The van der Waals surface area contributed by atoms with Crippen LogP contribution in [-0.2, 0) is 11.2 Å². The number of carbonyl (C=O) groups excluding carboxylic acids is 1. The average molecular weight is 355 g/mol. The van der Waals surface area contributed by atoms with E-state index in [4.69, 9.17) is 14.6 Å². The number of fused-ring (bicyclic) bond motifs is 1. The number of ether oxygens (including phenoxy) is 2. The number of hydrogen-bond donors (Lipinski definition) is 1. The van der Waals surface area contributed by atoms with E-state index in [2.05, 4.69) is 0 Å². The Morgan fingerprint density at radius 3 is 2.46 bits per heavy atom. The first-order valence-corrected chi connectivity index (χ1v) is 8.55. The molecule has 0 saturated heterocycles. The van der Waals surface area contributed by atoms with Crippen LogP contribution in [0.5, 0.6) is 11.5 Å². The van der Waals surface area contributed by atoms with Crippen LogP contribution < -0.4 is 9.47 Å². The van der Waals surface area contributed by atoms with Gasteiger partial charge >= 0.3 is 5.97 Å². The number of rotatable bonds is 6. The molecular formula is C20H21NO5. The first-order chi connectivity index (χ1) is 12.6. The van der Waals surface area contributed by atoms with E-state index in [-0.39, 0.29) is 24.0 Å². The molecule has 0 radical (unpaired) electrons. The molecule has 1 aliphatic heterocycles. The summed E-state index contributed by atoms with van der Waals surface area (Å²) in [5.74, 6) is 0.402. The highest BCUT2D eigenvalue weighted by Crippen LogP contribution is 2.31. The van der Waals surface area contributed by atoms with E-state index >= 15 is 0 Å². The van der Waals surface area contributed by atoms with Crippen molar-refractivity contribution in [3.05, 3.63) is 59.7 Å². The molecule has 0 spiro atoms. The number of hydrogen-bond acceptors (Lipinski definition) is 4. The van der Waals surface area contributed by atoms with Crippen molar-refractivity contribution in [2.24, 2.45) is 0 Å². The highest BCUT2D eigenvalue weighted by molar-refractivity contribution is 5.87. The van der Waals surface area contributed by atoms with Crippen molar-refractivity contribution in [1.82, 2.24) is 4.90 Å². The molecule has 1 heterocycles. The van der Waals surface area contributed by atoms with Crippen molar-refractivity contribution in [3.63, 3.8) is 0 Å². The molecule has 0 fully saturated rings. The summed E-state index contributed by atoms with van der Waals surface area (Å²) in [6.45, 7) is 3.32. The molecule has 26 heavy (non-hydrogen) atoms. The summed E-state index contributed by atoms with van der Waals surface area (Å²) in [7, 11) is 0. The zero-order valence-electron chi connectivity index (χ0n) is 14.6. The molecule has 0 aromatic heterocycles. The van der Waals surface area contributed by atoms with Gasteiger partial charge < -0.3 is 19.5 Å². The molecule has 6 nitrogen and oxygen atoms in total. The third-order valence-electron chi connectivity index (χ3n) is 4.28. The molecule has 1 N–H and O–H groups in total. The Kier molecular flexibility index (Phi) is 5.41. The van der Waals surface area contributed by atoms with Crippen molar-refractivity contribution >= 4 is 11.9 Å². The van der Waals surface area contributed by atoms with Gasteiger partial charge in [-0.25, -0.2) is 4.79 Å². The minimum Gasteiger partial charge on any atom is -0.486 e. The van der Waals surface area contributed by atoms with Crippen molar-refractivity contribution in [1.29, 1.82) is 0 Å². The summed E-state index contributed by atoms with van der Waals surface area (Å²) in [5, 5.41) is 8.94. The van der Waals surface area contributed by atoms with Crippen LogP contribution >= 0.6 is 0 Å². The van der Waals surface area contributed by atoms with Crippen LogP contribution in [0.2, 0.25) is 0 Å². The minimum atomic E-state index is -0.979. The quantitative estimate of drug-likeness (QED) is 0.862. The standard InChI is InChI=1S/C20H21NO5/c1-2-21(12-16-13-25-17-5-3-4-6-18(17)26-16)19(22)11-14-7-9-15(10-8-14)20(23)24/h3-10,16H,2,11-13H2,1H3,(H,23,24). The Labute approximate surface area is 152 Å². The first-order valence-electron chi connectivity index (χ1n) is 8.55. The van der Waals surface area contributed by atoms with Gasteiger partial charge in [0.15, 0.2) is 17.6 Å². The van der Waals surface area contributed by atoms with Gasteiger partial charge in [0.05, 0.1) is 18.5 Å². The van der Waals surface area contributed by atoms with Gasteiger partial charge in [-0.15, -0.1) is 0 Å². The number of carboxylic acid groups (broad SMARTS) is 1. The smallest absolute Gasteiger partial charge is 0.335 e. The lowest BCUT2D eigenvalue weighted by molar-refractivity contribution is -0.131. The van der Waals surface area contributed by atoms with Gasteiger partial charge in [0.25, 0.3) is 0 Å². The van der Waals surface area contributed by atoms with Gasteiger partial charge in [-0.1, -0.05) is 24.3 Å². The number of para-hydroxylation sites is 2. The monoisotopic (exact) mass is 355 g/mol. The van der Waals surface area contributed by atoms with Crippen LogP contribution in [0.15, 0.2) is 48.5 Å². The molecule has 1 atom stereocenters. The normalized spacial score (nSPS) is 15.3. The van der Waals surface area contributed by atoms with E-state index < -0.39 is 5.97 Å². The van der Waals surface area contributed by atoms with Crippen LogP contribution in [0.3, 0.4) is 0 Å². The Hall–Kier alpha value is -3.02. The SMILES string of the molecule is CCN(CC1COc2ccccc2O1)C(=O)Cc1ccc(C(=O)O)cc1. The maximum absolute atomic E-state index is 12.6. The fraction of sp³-hybridized carbons (Fsp3) is 0.300. The van der Waals surface area contributed by atoms with E-state index in [0.717, 1.165) is 11.3 Å². The Balaban J connectivity index is 1.60. The number of amides is 1. The second-order valence-electron chi connectivity index (χ2n) is 6.11. The lowest BCUT2D eigenvalue weighted by atomic mass is 10.1. The van der Waals surface area contributed by atoms with E-state index in [9.17, 15) is 9.59 Å². The topological polar surface area (TPSA) is 76.1 Å². The number of likely N-dealkylation sites (N-methyl/N-ethyl adjacent to an activating group) is 1. The molecule has 0 bridgehead atoms. The molecule has 2 aromatic rings. The number of nitrogens with zero attached hydrogens (tertiary/aromatic N) is 1. The van der Waals surface area contributed by atoms with Crippen molar-refractivity contribution in [3.8, 4) is 11.5 Å². The zero-order chi connectivity index (χ0) is 18.5. The van der Waals surface area contributed by atoms with Gasteiger partial charge in [0.2, 0.25) is 5.91 Å². The molecule has 0 saturated carbocycles. The lowest BCUT2D eigenvalue weighted by Crippen LogP contribution is -2.44.